The largest absolute Gasteiger partial charge is 0.462 e. The van der Waals surface area contributed by atoms with Gasteiger partial charge in [0.2, 0.25) is 5.95 Å². The van der Waals surface area contributed by atoms with Crippen molar-refractivity contribution >= 4 is 28.3 Å². The molecular formula is C20H27N3O2S. The summed E-state index contributed by atoms with van der Waals surface area (Å²) in [4.78, 5) is 21.7. The summed E-state index contributed by atoms with van der Waals surface area (Å²) in [5.74, 6) is 0.0978. The van der Waals surface area contributed by atoms with E-state index in [1.165, 1.54) is 41.2 Å². The van der Waals surface area contributed by atoms with Crippen molar-refractivity contribution in [2.24, 2.45) is 0 Å². The Hall–Kier alpha value is -1.95. The Morgan fingerprint density at radius 1 is 1.19 bits per heavy atom. The maximum absolute atomic E-state index is 11.7. The molecule has 3 rings (SSSR count). The molecule has 0 amide bonds. The molecule has 0 bridgehead atoms. The second-order valence-electron chi connectivity index (χ2n) is 8.17. The van der Waals surface area contributed by atoms with Crippen LogP contribution in [0.5, 0.6) is 0 Å². The zero-order valence-electron chi connectivity index (χ0n) is 16.4. The Balaban J connectivity index is 1.90. The highest BCUT2D eigenvalue weighted by molar-refractivity contribution is 7.16. The summed E-state index contributed by atoms with van der Waals surface area (Å²) in [7, 11) is 0. The van der Waals surface area contributed by atoms with Crippen molar-refractivity contribution in [2.75, 3.05) is 11.9 Å². The van der Waals surface area contributed by atoms with Gasteiger partial charge in [-0.25, -0.2) is 14.8 Å². The van der Waals surface area contributed by atoms with E-state index in [1.54, 1.807) is 18.3 Å². The quantitative estimate of drug-likeness (QED) is 0.754. The predicted molar refractivity (Wildman–Crippen MR) is 106 cm³/mol. The molecule has 0 atom stereocenters. The number of rotatable bonds is 4. The number of hydrogen-bond donors (Lipinski definition) is 1. The molecular weight excluding hydrogens is 346 g/mol. The molecule has 0 unspecified atom stereocenters. The SMILES string of the molecule is CCOC(=O)c1cnc(Nc2sc3c(c2C)C(C)(C)CCC3(C)C)nc1. The van der Waals surface area contributed by atoms with Crippen LogP contribution < -0.4 is 5.32 Å². The van der Waals surface area contributed by atoms with Gasteiger partial charge in [-0.15, -0.1) is 11.3 Å². The van der Waals surface area contributed by atoms with Crippen LogP contribution in [0.2, 0.25) is 0 Å². The number of hydrogen-bond acceptors (Lipinski definition) is 6. The molecule has 2 aromatic rings. The molecule has 26 heavy (non-hydrogen) atoms. The van der Waals surface area contributed by atoms with Crippen LogP contribution in [0.3, 0.4) is 0 Å². The van der Waals surface area contributed by atoms with Crippen molar-refractivity contribution in [3.8, 4) is 0 Å². The van der Waals surface area contributed by atoms with E-state index in [9.17, 15) is 4.79 Å². The normalized spacial score (nSPS) is 17.5. The van der Waals surface area contributed by atoms with Gasteiger partial charge in [0.05, 0.1) is 17.2 Å². The predicted octanol–water partition coefficient (Wildman–Crippen LogP) is 5.12. The number of ether oxygens (including phenoxy) is 1. The zero-order chi connectivity index (χ0) is 19.1. The number of fused-ring (bicyclic) bond motifs is 1. The summed E-state index contributed by atoms with van der Waals surface area (Å²) >= 11 is 1.80. The molecule has 0 saturated carbocycles. The van der Waals surface area contributed by atoms with Crippen LogP contribution in [0.15, 0.2) is 12.4 Å². The number of thiophene rings is 1. The van der Waals surface area contributed by atoms with Crippen LogP contribution in [-0.4, -0.2) is 22.5 Å². The minimum absolute atomic E-state index is 0.181. The molecule has 5 nitrogen and oxygen atoms in total. The first-order valence-electron chi connectivity index (χ1n) is 9.06. The van der Waals surface area contributed by atoms with Gasteiger partial charge in [0.25, 0.3) is 0 Å². The van der Waals surface area contributed by atoms with E-state index in [4.69, 9.17) is 4.74 Å². The molecule has 1 aliphatic carbocycles. The highest BCUT2D eigenvalue weighted by atomic mass is 32.1. The van der Waals surface area contributed by atoms with Crippen LogP contribution in [0.4, 0.5) is 10.9 Å². The molecule has 0 radical (unpaired) electrons. The Bertz CT molecular complexity index is 822. The van der Waals surface area contributed by atoms with Gasteiger partial charge in [0.15, 0.2) is 0 Å². The standard InChI is InChI=1S/C20H27N3O2S/c1-7-25-17(24)13-10-21-18(22-11-13)23-16-12(2)14-15(26-16)20(5,6)9-8-19(14,3)4/h10-11H,7-9H2,1-6H3,(H,21,22,23). The minimum Gasteiger partial charge on any atom is -0.462 e. The van der Waals surface area contributed by atoms with Crippen molar-refractivity contribution in [2.45, 2.75) is 65.2 Å². The van der Waals surface area contributed by atoms with Crippen molar-refractivity contribution < 1.29 is 9.53 Å². The summed E-state index contributed by atoms with van der Waals surface area (Å²) in [5.41, 5.74) is 3.47. The third-order valence-electron chi connectivity index (χ3n) is 5.20. The van der Waals surface area contributed by atoms with Crippen LogP contribution in [-0.2, 0) is 15.6 Å². The lowest BCUT2D eigenvalue weighted by molar-refractivity contribution is 0.0525. The average Bonchev–Trinajstić information content (AvgIpc) is 2.92. The van der Waals surface area contributed by atoms with Crippen LogP contribution in [0, 0.1) is 6.92 Å². The number of carbonyl (C=O) groups excluding carboxylic acids is 1. The first-order valence-corrected chi connectivity index (χ1v) is 9.88. The van der Waals surface area contributed by atoms with Crippen molar-refractivity contribution in [1.29, 1.82) is 0 Å². The van der Waals surface area contributed by atoms with Gasteiger partial charge < -0.3 is 10.1 Å². The molecule has 2 heterocycles. The van der Waals surface area contributed by atoms with E-state index in [0.29, 0.717) is 18.1 Å². The number of carbonyl (C=O) groups is 1. The fourth-order valence-electron chi connectivity index (χ4n) is 3.60. The third-order valence-corrected chi connectivity index (χ3v) is 6.77. The van der Waals surface area contributed by atoms with Gasteiger partial charge >= 0.3 is 5.97 Å². The fraction of sp³-hybridized carbons (Fsp3) is 0.550. The lowest BCUT2D eigenvalue weighted by Crippen LogP contribution is -2.32. The number of aromatic nitrogens is 2. The lowest BCUT2D eigenvalue weighted by atomic mass is 9.66. The Kier molecular flexibility index (Phi) is 4.82. The van der Waals surface area contributed by atoms with E-state index >= 15 is 0 Å². The summed E-state index contributed by atoms with van der Waals surface area (Å²) in [6, 6.07) is 0. The number of esters is 1. The van der Waals surface area contributed by atoms with Gasteiger partial charge in [0.1, 0.15) is 0 Å². The molecule has 0 spiro atoms. The van der Waals surface area contributed by atoms with E-state index in [1.807, 2.05) is 0 Å². The molecule has 1 aliphatic rings. The molecule has 140 valence electrons. The maximum atomic E-state index is 11.7. The molecule has 6 heteroatoms. The first kappa shape index (κ1) is 18.8. The number of nitrogens with one attached hydrogen (secondary N) is 1. The molecule has 0 aliphatic heterocycles. The second kappa shape index (κ2) is 6.65. The molecule has 0 aromatic carbocycles. The highest BCUT2D eigenvalue weighted by Gasteiger charge is 2.40. The van der Waals surface area contributed by atoms with Gasteiger partial charge in [-0.3, -0.25) is 0 Å². The maximum Gasteiger partial charge on any atom is 0.341 e. The van der Waals surface area contributed by atoms with Gasteiger partial charge in [-0.1, -0.05) is 27.7 Å². The van der Waals surface area contributed by atoms with E-state index in [0.717, 1.165) is 5.00 Å². The average molecular weight is 374 g/mol. The molecule has 1 N–H and O–H groups in total. The summed E-state index contributed by atoms with van der Waals surface area (Å²) in [6.07, 6.45) is 5.39. The Morgan fingerprint density at radius 3 is 2.38 bits per heavy atom. The number of nitrogens with zero attached hydrogens (tertiary/aromatic N) is 2. The molecule has 2 aromatic heterocycles. The molecule has 0 saturated heterocycles. The Morgan fingerprint density at radius 2 is 1.81 bits per heavy atom. The zero-order valence-corrected chi connectivity index (χ0v) is 17.2. The van der Waals surface area contributed by atoms with Crippen molar-refractivity contribution in [1.82, 2.24) is 9.97 Å². The van der Waals surface area contributed by atoms with Crippen molar-refractivity contribution in [3.05, 3.63) is 34.0 Å². The van der Waals surface area contributed by atoms with E-state index in [-0.39, 0.29) is 10.8 Å². The topological polar surface area (TPSA) is 64.1 Å². The minimum atomic E-state index is -0.398. The van der Waals surface area contributed by atoms with Crippen molar-refractivity contribution in [3.63, 3.8) is 0 Å². The summed E-state index contributed by atoms with van der Waals surface area (Å²) < 4.78 is 4.97. The first-order chi connectivity index (χ1) is 12.2. The fourth-order valence-corrected chi connectivity index (χ4v) is 5.11. The lowest BCUT2D eigenvalue weighted by Gasteiger charge is -2.39. The third kappa shape index (κ3) is 3.34. The van der Waals surface area contributed by atoms with Crippen LogP contribution >= 0.6 is 11.3 Å². The number of anilines is 2. The Labute approximate surface area is 159 Å². The summed E-state index contributed by atoms with van der Waals surface area (Å²) in [5, 5.41) is 4.43. The second-order valence-corrected chi connectivity index (χ2v) is 9.19. The summed E-state index contributed by atoms with van der Waals surface area (Å²) in [6.45, 7) is 13.6. The van der Waals surface area contributed by atoms with Crippen LogP contribution in [0.25, 0.3) is 0 Å². The highest BCUT2D eigenvalue weighted by Crippen LogP contribution is 2.53. The smallest absolute Gasteiger partial charge is 0.341 e. The van der Waals surface area contributed by atoms with Gasteiger partial charge in [0, 0.05) is 17.3 Å². The van der Waals surface area contributed by atoms with Gasteiger partial charge in [-0.05, 0) is 48.6 Å². The molecule has 0 fully saturated rings. The van der Waals surface area contributed by atoms with E-state index < -0.39 is 5.97 Å². The van der Waals surface area contributed by atoms with E-state index in [2.05, 4.69) is 49.9 Å². The monoisotopic (exact) mass is 373 g/mol. The van der Waals surface area contributed by atoms with Gasteiger partial charge in [-0.2, -0.15) is 0 Å². The van der Waals surface area contributed by atoms with Crippen LogP contribution in [0.1, 0.15) is 73.8 Å².